The van der Waals surface area contributed by atoms with Gasteiger partial charge in [0.15, 0.2) is 0 Å². The topological polar surface area (TPSA) is 89.8 Å². The summed E-state index contributed by atoms with van der Waals surface area (Å²) in [6.45, 7) is 0. The molecule has 0 bridgehead atoms. The lowest BCUT2D eigenvalue weighted by Crippen LogP contribution is -2.27. The van der Waals surface area contributed by atoms with E-state index in [2.05, 4.69) is 20.6 Å². The molecule has 138 valence electrons. The van der Waals surface area contributed by atoms with Crippen LogP contribution >= 0.6 is 0 Å². The summed E-state index contributed by atoms with van der Waals surface area (Å²) >= 11 is 0. The Morgan fingerprint density at radius 1 is 1.19 bits per heavy atom. The third-order valence-corrected chi connectivity index (χ3v) is 5.21. The summed E-state index contributed by atoms with van der Waals surface area (Å²) in [6, 6.07) is 7.87. The molecule has 0 radical (unpaired) electrons. The first kappa shape index (κ1) is 17.3. The van der Waals surface area contributed by atoms with Gasteiger partial charge in [0.25, 0.3) is 0 Å². The number of nitrogens with one attached hydrogen (secondary N) is 1. The van der Waals surface area contributed by atoms with Crippen LogP contribution in [0.5, 0.6) is 0 Å². The predicted octanol–water partition coefficient (Wildman–Crippen LogP) is 2.97. The van der Waals surface area contributed by atoms with Gasteiger partial charge in [0.1, 0.15) is 17.8 Å². The minimum atomic E-state index is -0.0513. The fourth-order valence-electron chi connectivity index (χ4n) is 3.59. The SMILES string of the molecule is Cn1cc(-c2ccc3cnc(NC(=O)[C@H]4CC[C@H](C=O)CC4)cc3c2)nn1. The molecule has 1 aliphatic rings. The molecule has 0 unspecified atom stereocenters. The lowest BCUT2D eigenvalue weighted by Gasteiger charge is -2.24. The molecule has 7 nitrogen and oxygen atoms in total. The molecule has 7 heteroatoms. The van der Waals surface area contributed by atoms with E-state index in [-0.39, 0.29) is 17.7 Å². The molecular formula is C20H21N5O2. The Kier molecular flexibility index (Phi) is 4.66. The van der Waals surface area contributed by atoms with Gasteiger partial charge >= 0.3 is 0 Å². The molecule has 1 fully saturated rings. The van der Waals surface area contributed by atoms with Crippen LogP contribution in [0, 0.1) is 11.8 Å². The summed E-state index contributed by atoms with van der Waals surface area (Å²) in [4.78, 5) is 27.8. The molecule has 2 aromatic heterocycles. The first-order valence-electron chi connectivity index (χ1n) is 9.15. The Hall–Kier alpha value is -3.09. The van der Waals surface area contributed by atoms with E-state index >= 15 is 0 Å². The van der Waals surface area contributed by atoms with E-state index in [0.29, 0.717) is 5.82 Å². The maximum Gasteiger partial charge on any atom is 0.228 e. The number of aryl methyl sites for hydroxylation is 1. The zero-order chi connectivity index (χ0) is 18.8. The van der Waals surface area contributed by atoms with Crippen molar-refractivity contribution in [3.63, 3.8) is 0 Å². The number of hydrogen-bond donors (Lipinski definition) is 1. The summed E-state index contributed by atoms with van der Waals surface area (Å²) in [6.07, 6.45) is 7.70. The fraction of sp³-hybridized carbons (Fsp3) is 0.350. The van der Waals surface area contributed by atoms with E-state index in [4.69, 9.17) is 0 Å². The highest BCUT2D eigenvalue weighted by Gasteiger charge is 2.26. The summed E-state index contributed by atoms with van der Waals surface area (Å²) in [5, 5.41) is 13.0. The van der Waals surface area contributed by atoms with Crippen molar-refractivity contribution in [2.24, 2.45) is 18.9 Å². The van der Waals surface area contributed by atoms with Gasteiger partial charge in [0.05, 0.1) is 6.20 Å². The van der Waals surface area contributed by atoms with E-state index < -0.39 is 0 Å². The normalized spacial score (nSPS) is 19.7. The number of fused-ring (bicyclic) bond motifs is 1. The van der Waals surface area contributed by atoms with Crippen molar-refractivity contribution in [3.05, 3.63) is 36.7 Å². The van der Waals surface area contributed by atoms with Crippen LogP contribution in [0.15, 0.2) is 36.7 Å². The van der Waals surface area contributed by atoms with Crippen molar-refractivity contribution in [3.8, 4) is 11.3 Å². The van der Waals surface area contributed by atoms with Gasteiger partial charge in [-0.3, -0.25) is 9.48 Å². The Morgan fingerprint density at radius 3 is 2.70 bits per heavy atom. The Morgan fingerprint density at radius 2 is 2.00 bits per heavy atom. The second kappa shape index (κ2) is 7.26. The highest BCUT2D eigenvalue weighted by atomic mass is 16.2. The molecular weight excluding hydrogens is 342 g/mol. The smallest absolute Gasteiger partial charge is 0.228 e. The van der Waals surface area contributed by atoms with Crippen LogP contribution < -0.4 is 5.32 Å². The Bertz CT molecular complexity index is 989. The molecule has 1 N–H and O–H groups in total. The van der Waals surface area contributed by atoms with Crippen LogP contribution in [0.1, 0.15) is 25.7 Å². The van der Waals surface area contributed by atoms with E-state index in [1.54, 1.807) is 10.9 Å². The molecule has 0 aliphatic heterocycles. The van der Waals surface area contributed by atoms with Crippen LogP contribution in [0.3, 0.4) is 0 Å². The molecule has 1 saturated carbocycles. The molecule has 1 aromatic carbocycles. The lowest BCUT2D eigenvalue weighted by atomic mass is 9.82. The van der Waals surface area contributed by atoms with Crippen molar-refractivity contribution in [2.75, 3.05) is 5.32 Å². The van der Waals surface area contributed by atoms with E-state index in [0.717, 1.165) is 54.0 Å². The number of rotatable bonds is 4. The second-order valence-electron chi connectivity index (χ2n) is 7.15. The van der Waals surface area contributed by atoms with Crippen molar-refractivity contribution in [1.82, 2.24) is 20.0 Å². The molecule has 1 amide bonds. The molecule has 1 aliphatic carbocycles. The molecule has 0 spiro atoms. The zero-order valence-corrected chi connectivity index (χ0v) is 15.1. The summed E-state index contributed by atoms with van der Waals surface area (Å²) in [5.41, 5.74) is 1.76. The van der Waals surface area contributed by atoms with Crippen LogP contribution in [0.4, 0.5) is 5.82 Å². The Labute approximate surface area is 156 Å². The average molecular weight is 363 g/mol. The van der Waals surface area contributed by atoms with E-state index in [1.807, 2.05) is 37.5 Å². The number of anilines is 1. The molecule has 0 atom stereocenters. The number of carbonyl (C=O) groups excluding carboxylic acids is 2. The Balaban J connectivity index is 1.52. The van der Waals surface area contributed by atoms with Crippen molar-refractivity contribution in [1.29, 1.82) is 0 Å². The first-order chi connectivity index (χ1) is 13.1. The van der Waals surface area contributed by atoms with Crippen LogP contribution in [0.2, 0.25) is 0 Å². The van der Waals surface area contributed by atoms with Gasteiger partial charge in [0, 0.05) is 36.0 Å². The average Bonchev–Trinajstić information content (AvgIpc) is 3.14. The number of amides is 1. The third-order valence-electron chi connectivity index (χ3n) is 5.21. The van der Waals surface area contributed by atoms with Gasteiger partial charge in [-0.15, -0.1) is 5.10 Å². The number of nitrogens with zero attached hydrogens (tertiary/aromatic N) is 4. The lowest BCUT2D eigenvalue weighted by molar-refractivity contribution is -0.122. The largest absolute Gasteiger partial charge is 0.310 e. The van der Waals surface area contributed by atoms with Crippen molar-refractivity contribution < 1.29 is 9.59 Å². The number of pyridine rings is 1. The number of hydrogen-bond acceptors (Lipinski definition) is 5. The third kappa shape index (κ3) is 3.72. The van der Waals surface area contributed by atoms with Crippen LogP contribution in [-0.4, -0.2) is 32.2 Å². The quantitative estimate of drug-likeness (QED) is 0.720. The molecule has 27 heavy (non-hydrogen) atoms. The highest BCUT2D eigenvalue weighted by molar-refractivity contribution is 5.95. The minimum Gasteiger partial charge on any atom is -0.310 e. The number of carbonyl (C=O) groups is 2. The summed E-state index contributed by atoms with van der Waals surface area (Å²) in [7, 11) is 1.83. The van der Waals surface area contributed by atoms with Gasteiger partial charge < -0.3 is 10.1 Å². The van der Waals surface area contributed by atoms with Crippen molar-refractivity contribution >= 4 is 28.8 Å². The number of aromatic nitrogens is 4. The summed E-state index contributed by atoms with van der Waals surface area (Å²) in [5.74, 6) is 0.578. The van der Waals surface area contributed by atoms with E-state index in [9.17, 15) is 9.59 Å². The van der Waals surface area contributed by atoms with Gasteiger partial charge in [-0.1, -0.05) is 17.3 Å². The number of benzene rings is 1. The standard InChI is InChI=1S/C20H21N5O2/c1-25-11-18(23-24-25)15-6-7-16-10-21-19(9-17(16)8-15)22-20(27)14-4-2-13(12-26)3-5-14/h6-14H,2-5H2,1H3,(H,21,22,27)/t13-,14-. The van der Waals surface area contributed by atoms with E-state index in [1.165, 1.54) is 0 Å². The second-order valence-corrected chi connectivity index (χ2v) is 7.15. The van der Waals surface area contributed by atoms with Crippen LogP contribution in [0.25, 0.3) is 22.0 Å². The minimum absolute atomic E-state index is 0.0173. The first-order valence-corrected chi connectivity index (χ1v) is 9.15. The molecule has 0 saturated heterocycles. The monoisotopic (exact) mass is 363 g/mol. The van der Waals surface area contributed by atoms with Gasteiger partial charge in [0.2, 0.25) is 5.91 Å². The molecule has 2 heterocycles. The van der Waals surface area contributed by atoms with Crippen molar-refractivity contribution in [2.45, 2.75) is 25.7 Å². The highest BCUT2D eigenvalue weighted by Crippen LogP contribution is 2.29. The molecule has 3 aromatic rings. The molecule has 4 rings (SSSR count). The maximum absolute atomic E-state index is 12.5. The predicted molar refractivity (Wildman–Crippen MR) is 102 cm³/mol. The van der Waals surface area contributed by atoms with Gasteiger partial charge in [-0.2, -0.15) is 0 Å². The number of aldehydes is 1. The fourth-order valence-corrected chi connectivity index (χ4v) is 3.59. The van der Waals surface area contributed by atoms with Gasteiger partial charge in [-0.25, -0.2) is 4.98 Å². The summed E-state index contributed by atoms with van der Waals surface area (Å²) < 4.78 is 1.66. The van der Waals surface area contributed by atoms with Crippen LogP contribution in [-0.2, 0) is 16.6 Å². The zero-order valence-electron chi connectivity index (χ0n) is 15.1. The van der Waals surface area contributed by atoms with Gasteiger partial charge in [-0.05, 0) is 43.2 Å². The maximum atomic E-state index is 12.5.